The first-order chi connectivity index (χ1) is 8.28. The van der Waals surface area contributed by atoms with Gasteiger partial charge in [0.2, 0.25) is 0 Å². The van der Waals surface area contributed by atoms with Crippen LogP contribution in [0.4, 0.5) is 0 Å². The topological polar surface area (TPSA) is 39.1 Å². The van der Waals surface area contributed by atoms with Crippen LogP contribution in [0, 0.1) is 0 Å². The maximum Gasteiger partial charge on any atom is 0.153 e. The zero-order valence-corrected chi connectivity index (χ0v) is 12.2. The van der Waals surface area contributed by atoms with Crippen molar-refractivity contribution in [1.82, 2.24) is 4.57 Å². The van der Waals surface area contributed by atoms with Gasteiger partial charge in [-0.1, -0.05) is 11.6 Å². The van der Waals surface area contributed by atoms with E-state index in [1.165, 1.54) is 6.26 Å². The van der Waals surface area contributed by atoms with Gasteiger partial charge in [-0.3, -0.25) is 0 Å². The minimum atomic E-state index is -3.04. The van der Waals surface area contributed by atoms with E-state index in [2.05, 4.69) is 0 Å². The highest BCUT2D eigenvalue weighted by molar-refractivity contribution is 7.89. The highest BCUT2D eigenvalue weighted by atomic mass is 35.5. The van der Waals surface area contributed by atoms with E-state index in [9.17, 15) is 8.42 Å². The molecular weight excluding hydrogens is 270 g/mol. The molecule has 2 rings (SSSR count). The summed E-state index contributed by atoms with van der Waals surface area (Å²) in [7, 11) is -3.04. The Hall–Kier alpha value is -1.00. The summed E-state index contributed by atoms with van der Waals surface area (Å²) in [6, 6.07) is 7.74. The third-order valence-electron chi connectivity index (χ3n) is 2.81. The van der Waals surface area contributed by atoms with E-state index < -0.39 is 9.84 Å². The molecule has 0 radical (unpaired) electrons. The van der Waals surface area contributed by atoms with E-state index in [0.717, 1.165) is 16.6 Å². The molecule has 0 aliphatic rings. The van der Waals surface area contributed by atoms with E-state index in [4.69, 9.17) is 11.6 Å². The lowest BCUT2D eigenvalue weighted by Gasteiger charge is -2.14. The second kappa shape index (κ2) is 4.59. The highest BCUT2D eigenvalue weighted by Gasteiger charge is 2.15. The molecule has 1 aromatic carbocycles. The molecule has 0 saturated heterocycles. The van der Waals surface area contributed by atoms with Crippen LogP contribution >= 0.6 is 11.6 Å². The van der Waals surface area contributed by atoms with Crippen molar-refractivity contribution in [3.05, 3.63) is 35.0 Å². The Kier molecular flexibility index (Phi) is 3.43. The largest absolute Gasteiger partial charge is 0.341 e. The Bertz CT molecular complexity index is 686. The van der Waals surface area contributed by atoms with Gasteiger partial charge in [0.05, 0.1) is 5.75 Å². The Labute approximate surface area is 112 Å². The lowest BCUT2D eigenvalue weighted by Crippen LogP contribution is -2.09. The lowest BCUT2D eigenvalue weighted by molar-refractivity contribution is 0.585. The van der Waals surface area contributed by atoms with Crippen LogP contribution < -0.4 is 0 Å². The van der Waals surface area contributed by atoms with E-state index >= 15 is 0 Å². The van der Waals surface area contributed by atoms with E-state index in [1.54, 1.807) is 0 Å². The number of fused-ring (bicyclic) bond motifs is 1. The number of aromatic nitrogens is 1. The van der Waals surface area contributed by atoms with Gasteiger partial charge < -0.3 is 4.57 Å². The van der Waals surface area contributed by atoms with Gasteiger partial charge in [0.15, 0.2) is 9.84 Å². The summed E-state index contributed by atoms with van der Waals surface area (Å²) >= 11 is 5.97. The molecule has 0 atom stereocenters. The van der Waals surface area contributed by atoms with Gasteiger partial charge in [0, 0.05) is 33.9 Å². The summed E-state index contributed by atoms with van der Waals surface area (Å²) in [5, 5.41) is 1.64. The molecule has 1 heterocycles. The molecule has 0 aliphatic heterocycles. The molecule has 3 nitrogen and oxygen atoms in total. The van der Waals surface area contributed by atoms with Crippen LogP contribution in [-0.2, 0) is 15.6 Å². The summed E-state index contributed by atoms with van der Waals surface area (Å²) in [4.78, 5) is 0. The van der Waals surface area contributed by atoms with Crippen molar-refractivity contribution in [2.24, 2.45) is 0 Å². The van der Waals surface area contributed by atoms with Crippen molar-refractivity contribution in [1.29, 1.82) is 0 Å². The van der Waals surface area contributed by atoms with Crippen LogP contribution in [0.25, 0.3) is 10.9 Å². The van der Waals surface area contributed by atoms with Gasteiger partial charge in [-0.25, -0.2) is 8.42 Å². The third-order valence-corrected chi connectivity index (χ3v) is 3.86. The molecule has 0 unspecified atom stereocenters. The van der Waals surface area contributed by atoms with E-state index in [1.807, 2.05) is 42.7 Å². The van der Waals surface area contributed by atoms with Crippen molar-refractivity contribution in [2.75, 3.05) is 6.26 Å². The van der Waals surface area contributed by atoms with Crippen LogP contribution in [0.15, 0.2) is 24.3 Å². The summed E-state index contributed by atoms with van der Waals surface area (Å²) in [5.74, 6) is 0.0531. The van der Waals surface area contributed by atoms with Gasteiger partial charge in [-0.05, 0) is 38.1 Å². The van der Waals surface area contributed by atoms with E-state index in [-0.39, 0.29) is 11.8 Å². The Morgan fingerprint density at radius 2 is 1.94 bits per heavy atom. The standard InChI is InChI=1S/C13H16ClNO2S/c1-9(2)15-12(8-18(3,16)17)7-10-6-11(14)4-5-13(10)15/h4-7,9H,8H2,1-3H3. The van der Waals surface area contributed by atoms with Gasteiger partial charge in [-0.15, -0.1) is 0 Å². The normalized spacial score (nSPS) is 12.5. The molecule has 0 bridgehead atoms. The highest BCUT2D eigenvalue weighted by Crippen LogP contribution is 2.27. The number of hydrogen-bond donors (Lipinski definition) is 0. The Morgan fingerprint density at radius 3 is 2.50 bits per heavy atom. The second-order valence-electron chi connectivity index (χ2n) is 4.87. The third kappa shape index (κ3) is 2.70. The molecule has 0 saturated carbocycles. The van der Waals surface area contributed by atoms with Gasteiger partial charge >= 0.3 is 0 Å². The molecule has 1 aromatic heterocycles. The molecule has 98 valence electrons. The monoisotopic (exact) mass is 285 g/mol. The quantitative estimate of drug-likeness (QED) is 0.867. The zero-order valence-electron chi connectivity index (χ0n) is 10.6. The first-order valence-corrected chi connectivity index (χ1v) is 8.19. The summed E-state index contributed by atoms with van der Waals surface area (Å²) in [5.41, 5.74) is 1.83. The van der Waals surface area contributed by atoms with Crippen LogP contribution in [0.5, 0.6) is 0 Å². The van der Waals surface area contributed by atoms with Crippen LogP contribution in [-0.4, -0.2) is 19.2 Å². The predicted octanol–water partition coefficient (Wildman–Crippen LogP) is 3.42. The predicted molar refractivity (Wildman–Crippen MR) is 75.9 cm³/mol. The van der Waals surface area contributed by atoms with Gasteiger partial charge in [-0.2, -0.15) is 0 Å². The van der Waals surface area contributed by atoms with Crippen molar-refractivity contribution < 1.29 is 8.42 Å². The molecule has 5 heteroatoms. The van der Waals surface area contributed by atoms with Crippen LogP contribution in [0.3, 0.4) is 0 Å². The molecule has 0 aliphatic carbocycles. The molecule has 18 heavy (non-hydrogen) atoms. The lowest BCUT2D eigenvalue weighted by atomic mass is 10.2. The Morgan fingerprint density at radius 1 is 1.28 bits per heavy atom. The summed E-state index contributed by atoms with van der Waals surface area (Å²) < 4.78 is 25.0. The fourth-order valence-corrected chi connectivity index (χ4v) is 3.19. The van der Waals surface area contributed by atoms with Crippen molar-refractivity contribution in [2.45, 2.75) is 25.6 Å². The molecule has 2 aromatic rings. The first-order valence-electron chi connectivity index (χ1n) is 5.75. The summed E-state index contributed by atoms with van der Waals surface area (Å²) in [6.07, 6.45) is 1.25. The average molecular weight is 286 g/mol. The first kappa shape index (κ1) is 13.4. The van der Waals surface area contributed by atoms with Crippen molar-refractivity contribution >= 4 is 32.3 Å². The number of hydrogen-bond acceptors (Lipinski definition) is 2. The number of rotatable bonds is 3. The van der Waals surface area contributed by atoms with Crippen LogP contribution in [0.2, 0.25) is 5.02 Å². The van der Waals surface area contributed by atoms with Gasteiger partial charge in [0.25, 0.3) is 0 Å². The number of halogens is 1. The molecule has 0 N–H and O–H groups in total. The fourth-order valence-electron chi connectivity index (χ4n) is 2.25. The minimum absolute atomic E-state index is 0.0531. The van der Waals surface area contributed by atoms with Crippen molar-refractivity contribution in [3.8, 4) is 0 Å². The zero-order chi connectivity index (χ0) is 13.5. The maximum absolute atomic E-state index is 11.5. The molecule has 0 amide bonds. The number of sulfone groups is 1. The maximum atomic E-state index is 11.5. The average Bonchev–Trinajstić information content (AvgIpc) is 2.51. The van der Waals surface area contributed by atoms with Crippen molar-refractivity contribution in [3.63, 3.8) is 0 Å². The smallest absolute Gasteiger partial charge is 0.153 e. The minimum Gasteiger partial charge on any atom is -0.341 e. The molecular formula is C13H16ClNO2S. The fraction of sp³-hybridized carbons (Fsp3) is 0.385. The summed E-state index contributed by atoms with van der Waals surface area (Å²) in [6.45, 7) is 4.08. The van der Waals surface area contributed by atoms with Crippen LogP contribution in [0.1, 0.15) is 25.6 Å². The number of nitrogens with zero attached hydrogens (tertiary/aromatic N) is 1. The molecule has 0 fully saturated rings. The van der Waals surface area contributed by atoms with E-state index in [0.29, 0.717) is 5.02 Å². The number of benzene rings is 1. The second-order valence-corrected chi connectivity index (χ2v) is 7.45. The van der Waals surface area contributed by atoms with Gasteiger partial charge in [0.1, 0.15) is 0 Å². The SMILES string of the molecule is CC(C)n1c(CS(C)(=O)=O)cc2cc(Cl)ccc21. The molecule has 0 spiro atoms. The Balaban J connectivity index is 2.68.